The topological polar surface area (TPSA) is 80.9 Å². The molecule has 140 valence electrons. The number of nitrogens with zero attached hydrogens (tertiary/aromatic N) is 3. The predicted octanol–water partition coefficient (Wildman–Crippen LogP) is 1.88. The van der Waals surface area contributed by atoms with Gasteiger partial charge < -0.3 is 25.0 Å². The molecule has 0 unspecified atom stereocenters. The Labute approximate surface area is 156 Å². The second-order valence-electron chi connectivity index (χ2n) is 6.73. The van der Waals surface area contributed by atoms with Crippen LogP contribution in [0.5, 0.6) is 0 Å². The van der Waals surface area contributed by atoms with E-state index < -0.39 is 0 Å². The lowest BCUT2D eigenvalue weighted by Gasteiger charge is -2.33. The number of anilines is 2. The van der Waals surface area contributed by atoms with Crippen LogP contribution in [-0.4, -0.2) is 62.4 Å². The Morgan fingerprint density at radius 1 is 1.31 bits per heavy atom. The second-order valence-corrected chi connectivity index (χ2v) is 7.72. The van der Waals surface area contributed by atoms with Crippen LogP contribution in [0.4, 0.5) is 11.5 Å². The van der Waals surface area contributed by atoms with E-state index in [4.69, 9.17) is 20.2 Å². The molecule has 2 aromatic rings. The number of aromatic nitrogens is 1. The molecular weight excluding hydrogens is 352 g/mol. The number of hydrogen-bond donors (Lipinski definition) is 1. The minimum atomic E-state index is -0.359. The number of fused-ring (bicyclic) bond motifs is 3. The summed E-state index contributed by atoms with van der Waals surface area (Å²) in [5, 5.41) is 0.943. The molecule has 0 saturated carbocycles. The maximum Gasteiger partial charge on any atom is 0.350 e. The van der Waals surface area contributed by atoms with Gasteiger partial charge in [-0.05, 0) is 26.0 Å². The van der Waals surface area contributed by atoms with Crippen LogP contribution >= 0.6 is 11.3 Å². The third-order valence-electron chi connectivity index (χ3n) is 5.01. The highest BCUT2D eigenvalue weighted by atomic mass is 32.1. The first-order valence-electron chi connectivity index (χ1n) is 9.02. The van der Waals surface area contributed by atoms with Gasteiger partial charge in [-0.1, -0.05) is 0 Å². The Kier molecular flexibility index (Phi) is 4.73. The summed E-state index contributed by atoms with van der Waals surface area (Å²) in [6.45, 7) is 7.04. The van der Waals surface area contributed by atoms with Crippen molar-refractivity contribution in [3.63, 3.8) is 0 Å². The van der Waals surface area contributed by atoms with Crippen LogP contribution in [-0.2, 0) is 22.4 Å². The highest BCUT2D eigenvalue weighted by Gasteiger charge is 2.29. The molecule has 0 amide bonds. The smallest absolute Gasteiger partial charge is 0.350 e. The molecule has 1 saturated heterocycles. The van der Waals surface area contributed by atoms with Gasteiger partial charge >= 0.3 is 5.97 Å². The van der Waals surface area contributed by atoms with Crippen molar-refractivity contribution < 1.29 is 14.3 Å². The largest absolute Gasteiger partial charge is 0.462 e. The molecule has 8 heteroatoms. The summed E-state index contributed by atoms with van der Waals surface area (Å²) in [5.41, 5.74) is 9.36. The summed E-state index contributed by atoms with van der Waals surface area (Å²) in [4.78, 5) is 23.1. The summed E-state index contributed by atoms with van der Waals surface area (Å²) in [6, 6.07) is 0. The number of hydrogen-bond acceptors (Lipinski definition) is 8. The Morgan fingerprint density at radius 3 is 2.81 bits per heavy atom. The van der Waals surface area contributed by atoms with E-state index in [0.717, 1.165) is 48.6 Å². The minimum absolute atomic E-state index is 0.335. The fourth-order valence-corrected chi connectivity index (χ4v) is 4.74. The summed E-state index contributed by atoms with van der Waals surface area (Å²) in [7, 11) is 2.12. The van der Waals surface area contributed by atoms with Crippen LogP contribution in [0.3, 0.4) is 0 Å². The molecule has 2 aliphatic rings. The maximum atomic E-state index is 12.3. The highest BCUT2D eigenvalue weighted by molar-refractivity contribution is 7.21. The first-order chi connectivity index (χ1) is 12.6. The molecule has 0 radical (unpaired) electrons. The zero-order valence-corrected chi connectivity index (χ0v) is 16.0. The molecule has 2 aliphatic heterocycles. The number of nitrogen functional groups attached to an aromatic ring is 1. The molecule has 26 heavy (non-hydrogen) atoms. The van der Waals surface area contributed by atoms with Crippen LogP contribution in [0.15, 0.2) is 0 Å². The van der Waals surface area contributed by atoms with E-state index in [-0.39, 0.29) is 5.97 Å². The molecule has 1 fully saturated rings. The molecular formula is C18H24N4O3S. The number of esters is 1. The minimum Gasteiger partial charge on any atom is -0.462 e. The lowest BCUT2D eigenvalue weighted by atomic mass is 9.96. The molecule has 0 aromatic carbocycles. The van der Waals surface area contributed by atoms with Crippen molar-refractivity contribution in [2.45, 2.75) is 19.9 Å². The maximum absolute atomic E-state index is 12.3. The van der Waals surface area contributed by atoms with Gasteiger partial charge in [-0.2, -0.15) is 0 Å². The number of carbonyl (C=O) groups is 1. The number of nitrogens with two attached hydrogens (primary N) is 1. The van der Waals surface area contributed by atoms with Crippen molar-refractivity contribution in [2.75, 3.05) is 57.1 Å². The number of carbonyl (C=O) groups excluding carboxylic acids is 1. The van der Waals surface area contributed by atoms with Gasteiger partial charge in [0.2, 0.25) is 0 Å². The average Bonchev–Trinajstić information content (AvgIpc) is 2.98. The lowest BCUT2D eigenvalue weighted by Crippen LogP contribution is -2.39. The van der Waals surface area contributed by atoms with Gasteiger partial charge in [-0.15, -0.1) is 11.3 Å². The molecule has 2 aromatic heterocycles. The van der Waals surface area contributed by atoms with Crippen molar-refractivity contribution in [1.29, 1.82) is 0 Å². The molecule has 4 heterocycles. The van der Waals surface area contributed by atoms with Crippen molar-refractivity contribution in [2.24, 2.45) is 0 Å². The standard InChI is InChI=1S/C18H24N4O3S/c1-3-25-18(23)15-14(19)13-11-4-5-21(2)10-12(11)16(20-17(13)26-15)22-6-8-24-9-7-22/h3-10,19H2,1-2H3. The van der Waals surface area contributed by atoms with Gasteiger partial charge in [-0.25, -0.2) is 9.78 Å². The third-order valence-corrected chi connectivity index (χ3v) is 6.09. The van der Waals surface area contributed by atoms with E-state index in [1.54, 1.807) is 6.92 Å². The summed E-state index contributed by atoms with van der Waals surface area (Å²) in [5.74, 6) is 0.654. The van der Waals surface area contributed by atoms with Gasteiger partial charge in [0.15, 0.2) is 0 Å². The van der Waals surface area contributed by atoms with Crippen LogP contribution < -0.4 is 10.6 Å². The zero-order valence-electron chi connectivity index (χ0n) is 15.2. The Morgan fingerprint density at radius 2 is 2.08 bits per heavy atom. The van der Waals surface area contributed by atoms with Crippen molar-refractivity contribution >= 4 is 39.0 Å². The van der Waals surface area contributed by atoms with Gasteiger partial charge in [0.1, 0.15) is 15.5 Å². The Balaban J connectivity index is 1.89. The van der Waals surface area contributed by atoms with Gasteiger partial charge in [0.25, 0.3) is 0 Å². The number of likely N-dealkylation sites (N-methyl/N-ethyl adjacent to an activating group) is 1. The van der Waals surface area contributed by atoms with Crippen molar-refractivity contribution in [3.8, 4) is 0 Å². The van der Waals surface area contributed by atoms with Crippen molar-refractivity contribution in [3.05, 3.63) is 16.0 Å². The van der Waals surface area contributed by atoms with Gasteiger partial charge in [0.05, 0.1) is 25.5 Å². The lowest BCUT2D eigenvalue weighted by molar-refractivity contribution is 0.0533. The quantitative estimate of drug-likeness (QED) is 0.819. The van der Waals surface area contributed by atoms with Crippen LogP contribution in [0, 0.1) is 0 Å². The molecule has 0 atom stereocenters. The summed E-state index contributed by atoms with van der Waals surface area (Å²) >= 11 is 1.34. The molecule has 2 N–H and O–H groups in total. The molecule has 0 bridgehead atoms. The Hall–Kier alpha value is -1.90. The van der Waals surface area contributed by atoms with E-state index in [9.17, 15) is 4.79 Å². The number of pyridine rings is 1. The van der Waals surface area contributed by atoms with E-state index in [0.29, 0.717) is 30.4 Å². The molecule has 7 nitrogen and oxygen atoms in total. The summed E-state index contributed by atoms with van der Waals surface area (Å²) in [6.07, 6.45) is 0.908. The monoisotopic (exact) mass is 376 g/mol. The molecule has 0 aliphatic carbocycles. The highest BCUT2D eigenvalue weighted by Crippen LogP contribution is 2.41. The van der Waals surface area contributed by atoms with Crippen molar-refractivity contribution in [1.82, 2.24) is 9.88 Å². The fourth-order valence-electron chi connectivity index (χ4n) is 3.73. The molecule has 0 spiro atoms. The van der Waals surface area contributed by atoms with E-state index in [1.165, 1.54) is 22.5 Å². The van der Waals surface area contributed by atoms with Gasteiger partial charge in [-0.3, -0.25) is 0 Å². The van der Waals surface area contributed by atoms with E-state index in [2.05, 4.69) is 16.8 Å². The predicted molar refractivity (Wildman–Crippen MR) is 103 cm³/mol. The second kappa shape index (κ2) is 7.02. The van der Waals surface area contributed by atoms with Crippen LogP contribution in [0.1, 0.15) is 27.7 Å². The first-order valence-corrected chi connectivity index (χ1v) is 9.83. The first kappa shape index (κ1) is 17.5. The molecule has 4 rings (SSSR count). The SMILES string of the molecule is CCOC(=O)c1sc2nc(N3CCOCC3)c3c(c2c1N)CCN(C)C3. The Bertz CT molecular complexity index is 845. The van der Waals surface area contributed by atoms with E-state index in [1.807, 2.05) is 0 Å². The van der Waals surface area contributed by atoms with Crippen LogP contribution in [0.2, 0.25) is 0 Å². The van der Waals surface area contributed by atoms with E-state index >= 15 is 0 Å². The fraction of sp³-hybridized carbons (Fsp3) is 0.556. The zero-order chi connectivity index (χ0) is 18.3. The number of ether oxygens (including phenoxy) is 2. The van der Waals surface area contributed by atoms with Gasteiger partial charge in [0, 0.05) is 37.1 Å². The normalized spacial score (nSPS) is 18.2. The number of morpholine rings is 1. The summed E-state index contributed by atoms with van der Waals surface area (Å²) < 4.78 is 10.7. The average molecular weight is 376 g/mol. The third kappa shape index (κ3) is 2.91. The number of rotatable bonds is 3. The number of thiophene rings is 1. The van der Waals surface area contributed by atoms with Crippen LogP contribution in [0.25, 0.3) is 10.2 Å².